The van der Waals surface area contributed by atoms with E-state index in [-0.39, 0.29) is 11.0 Å². The van der Waals surface area contributed by atoms with Gasteiger partial charge in [-0.3, -0.25) is 0 Å². The minimum Gasteiger partial charge on any atom is -0.454 e. The molecule has 2 nitrogen and oxygen atoms in total. The zero-order valence-corrected chi connectivity index (χ0v) is 16.1. The molecule has 1 aromatic heterocycles. The molecule has 3 aromatic rings. The largest absolute Gasteiger partial charge is 0.454 e. The van der Waals surface area contributed by atoms with Crippen LogP contribution in [0.25, 0.3) is 21.9 Å². The number of rotatable bonds is 1. The molecular formula is C24H27NO. The van der Waals surface area contributed by atoms with Gasteiger partial charge in [0.25, 0.3) is 0 Å². The molecule has 134 valence electrons. The average molecular weight is 345 g/mol. The third kappa shape index (κ3) is 2.31. The number of nitrogens with zero attached hydrogens (tertiary/aromatic N) is 1. The maximum atomic E-state index is 6.40. The molecule has 2 aliphatic rings. The Hall–Kier alpha value is -1.96. The molecule has 0 amide bonds. The van der Waals surface area contributed by atoms with Crippen LogP contribution in [0.15, 0.2) is 40.8 Å². The summed E-state index contributed by atoms with van der Waals surface area (Å²) in [7, 11) is 0. The summed E-state index contributed by atoms with van der Waals surface area (Å²) in [5.74, 6) is 0. The van der Waals surface area contributed by atoms with Crippen LogP contribution in [0, 0.1) is 18.9 Å². The fraction of sp³-hybridized carbons (Fsp3) is 0.458. The Kier molecular flexibility index (Phi) is 3.44. The quantitative estimate of drug-likeness (QED) is 0.478. The van der Waals surface area contributed by atoms with Gasteiger partial charge in [-0.1, -0.05) is 63.4 Å². The predicted octanol–water partition coefficient (Wildman–Crippen LogP) is 6.87. The van der Waals surface area contributed by atoms with E-state index >= 15 is 0 Å². The van der Waals surface area contributed by atoms with E-state index in [9.17, 15) is 0 Å². The van der Waals surface area contributed by atoms with Crippen molar-refractivity contribution in [2.24, 2.45) is 5.41 Å². The van der Waals surface area contributed by atoms with Gasteiger partial charge in [0.15, 0.2) is 5.58 Å². The molecule has 1 saturated heterocycles. The van der Waals surface area contributed by atoms with Crippen molar-refractivity contribution in [2.75, 3.05) is 4.90 Å². The van der Waals surface area contributed by atoms with Gasteiger partial charge in [0, 0.05) is 16.3 Å². The van der Waals surface area contributed by atoms with Crippen molar-refractivity contribution in [1.82, 2.24) is 0 Å². The van der Waals surface area contributed by atoms with Crippen molar-refractivity contribution in [1.29, 1.82) is 0 Å². The number of furan rings is 1. The molecule has 1 saturated carbocycles. The highest BCUT2D eigenvalue weighted by atomic mass is 16.3. The van der Waals surface area contributed by atoms with Gasteiger partial charge in [0.05, 0.1) is 12.2 Å². The molecule has 0 unspecified atom stereocenters. The summed E-state index contributed by atoms with van der Waals surface area (Å²) in [6.45, 7) is 10.7. The van der Waals surface area contributed by atoms with Crippen molar-refractivity contribution >= 4 is 27.6 Å². The Morgan fingerprint density at radius 3 is 2.54 bits per heavy atom. The lowest BCUT2D eigenvalue weighted by molar-refractivity contribution is 0.263. The van der Waals surface area contributed by atoms with Gasteiger partial charge in [-0.15, -0.1) is 0 Å². The Balaban J connectivity index is 1.76. The molecule has 2 radical (unpaired) electrons. The smallest absolute Gasteiger partial charge is 0.159 e. The number of fused-ring (bicyclic) bond motifs is 3. The van der Waals surface area contributed by atoms with E-state index < -0.39 is 0 Å². The highest BCUT2D eigenvalue weighted by Crippen LogP contribution is 2.54. The number of hydrogen-bond donors (Lipinski definition) is 0. The van der Waals surface area contributed by atoms with Crippen LogP contribution >= 0.6 is 0 Å². The monoisotopic (exact) mass is 345 g/mol. The van der Waals surface area contributed by atoms with Crippen LogP contribution in [-0.2, 0) is 0 Å². The Morgan fingerprint density at radius 1 is 0.962 bits per heavy atom. The molecule has 0 atom stereocenters. The number of benzene rings is 2. The van der Waals surface area contributed by atoms with Crippen LogP contribution in [0.5, 0.6) is 0 Å². The molecule has 0 N–H and O–H groups in total. The van der Waals surface area contributed by atoms with Crippen molar-refractivity contribution in [3.8, 4) is 0 Å². The maximum absolute atomic E-state index is 6.40. The fourth-order valence-corrected chi connectivity index (χ4v) is 5.42. The summed E-state index contributed by atoms with van der Waals surface area (Å²) in [6, 6.07) is 12.9. The minimum absolute atomic E-state index is 0.109. The maximum Gasteiger partial charge on any atom is 0.159 e. The van der Waals surface area contributed by atoms with E-state index in [2.05, 4.69) is 68.6 Å². The van der Waals surface area contributed by atoms with Crippen molar-refractivity contribution in [3.63, 3.8) is 0 Å². The van der Waals surface area contributed by atoms with Crippen molar-refractivity contribution in [2.45, 2.75) is 64.8 Å². The highest BCUT2D eigenvalue weighted by Gasteiger charge is 2.51. The van der Waals surface area contributed by atoms with E-state index in [1.165, 1.54) is 60.5 Å². The second kappa shape index (κ2) is 5.52. The zero-order valence-electron chi connectivity index (χ0n) is 16.1. The van der Waals surface area contributed by atoms with Gasteiger partial charge in [-0.05, 0) is 43.2 Å². The molecule has 26 heavy (non-hydrogen) atoms. The first-order chi connectivity index (χ1) is 12.5. The summed E-state index contributed by atoms with van der Waals surface area (Å²) in [5.41, 5.74) is 4.85. The Bertz CT molecular complexity index is 974. The van der Waals surface area contributed by atoms with Crippen molar-refractivity contribution < 1.29 is 4.42 Å². The second-order valence-corrected chi connectivity index (χ2v) is 9.00. The van der Waals surface area contributed by atoms with Gasteiger partial charge >= 0.3 is 0 Å². The lowest BCUT2D eigenvalue weighted by Crippen LogP contribution is -2.44. The molecule has 1 aliphatic carbocycles. The summed E-state index contributed by atoms with van der Waals surface area (Å²) in [4.78, 5) is 2.51. The van der Waals surface area contributed by atoms with Crippen LogP contribution in [0.2, 0.25) is 0 Å². The number of para-hydroxylation sites is 1. The third-order valence-electron chi connectivity index (χ3n) is 6.39. The third-order valence-corrected chi connectivity index (χ3v) is 6.39. The normalized spacial score (nSPS) is 21.9. The van der Waals surface area contributed by atoms with Crippen molar-refractivity contribution in [3.05, 3.63) is 48.5 Å². The lowest BCUT2D eigenvalue weighted by Gasteiger charge is -2.43. The predicted molar refractivity (Wildman–Crippen MR) is 108 cm³/mol. The van der Waals surface area contributed by atoms with Crippen LogP contribution in [0.1, 0.15) is 57.9 Å². The lowest BCUT2D eigenvalue weighted by atomic mass is 9.75. The van der Waals surface area contributed by atoms with Gasteiger partial charge in [0.1, 0.15) is 5.58 Å². The second-order valence-electron chi connectivity index (χ2n) is 9.00. The summed E-state index contributed by atoms with van der Waals surface area (Å²) in [6.07, 6.45) is 7.73. The summed E-state index contributed by atoms with van der Waals surface area (Å²) in [5, 5.41) is 2.43. The first-order valence-electron chi connectivity index (χ1n) is 9.98. The Morgan fingerprint density at radius 2 is 1.73 bits per heavy atom. The van der Waals surface area contributed by atoms with Gasteiger partial charge in [-0.2, -0.15) is 0 Å². The highest BCUT2D eigenvalue weighted by molar-refractivity contribution is 6.09. The molecule has 1 aliphatic heterocycles. The van der Waals surface area contributed by atoms with E-state index in [1.54, 1.807) is 0 Å². The van der Waals surface area contributed by atoms with Crippen LogP contribution in [0.3, 0.4) is 0 Å². The molecule has 1 spiro atoms. The van der Waals surface area contributed by atoms with E-state index in [0.717, 1.165) is 11.2 Å². The van der Waals surface area contributed by atoms with Crippen LogP contribution in [-0.4, -0.2) is 5.54 Å². The Labute approximate surface area is 156 Å². The first-order valence-corrected chi connectivity index (χ1v) is 9.98. The van der Waals surface area contributed by atoms with Gasteiger partial charge in [-0.25, -0.2) is 0 Å². The molecule has 5 rings (SSSR count). The summed E-state index contributed by atoms with van der Waals surface area (Å²) >= 11 is 0. The summed E-state index contributed by atoms with van der Waals surface area (Å²) < 4.78 is 6.40. The minimum atomic E-state index is 0.109. The molecule has 2 fully saturated rings. The van der Waals surface area contributed by atoms with Gasteiger partial charge in [0.2, 0.25) is 0 Å². The first kappa shape index (κ1) is 16.2. The van der Waals surface area contributed by atoms with Crippen LogP contribution < -0.4 is 4.90 Å². The molecule has 2 heterocycles. The number of anilines is 1. The molecule has 2 aromatic carbocycles. The standard InChI is InChI=1S/C24H27NO/c1-17-11-12-19-18-9-5-6-10-20(18)26-22(19)21(17)25-16-23(2,3)15-24(25)13-7-4-8-14-24/h5-6,9-12H,4,7-8,13-15H2,1-3H3. The van der Waals surface area contributed by atoms with E-state index in [0.29, 0.717) is 0 Å². The SMILES string of the molecule is Cc1ccc2c(oc3ccccc32)c1N1[C]C(C)(C)CC12CCCCC2. The zero-order chi connectivity index (χ0) is 17.9. The topological polar surface area (TPSA) is 16.4 Å². The number of aryl methyl sites for hydroxylation is 1. The average Bonchev–Trinajstić information content (AvgIpc) is 3.10. The van der Waals surface area contributed by atoms with Crippen LogP contribution in [0.4, 0.5) is 5.69 Å². The number of hydrogen-bond acceptors (Lipinski definition) is 2. The fourth-order valence-electron chi connectivity index (χ4n) is 5.42. The molecular weight excluding hydrogens is 318 g/mol. The molecule has 2 heteroatoms. The molecule has 0 bridgehead atoms. The van der Waals surface area contributed by atoms with E-state index in [4.69, 9.17) is 4.42 Å². The van der Waals surface area contributed by atoms with Gasteiger partial charge < -0.3 is 9.32 Å². The van der Waals surface area contributed by atoms with E-state index in [1.807, 2.05) is 0 Å².